The third-order valence-electron chi connectivity index (χ3n) is 3.15. The Balaban J connectivity index is 2.09. The van der Waals surface area contributed by atoms with Crippen molar-refractivity contribution < 1.29 is 24.6 Å². The standard InChI is InChI=1S/C10H15N3O5/c14-6-1-2-12(4-6)10(18)13-5-8(15)11-3-7(13)9(16)17/h6-7,14H,1-5H2,(H,11,15)(H,16,17). The van der Waals surface area contributed by atoms with E-state index in [9.17, 15) is 19.5 Å². The molecule has 0 aliphatic carbocycles. The van der Waals surface area contributed by atoms with Crippen molar-refractivity contribution in [3.8, 4) is 0 Å². The Hall–Kier alpha value is -1.83. The number of likely N-dealkylation sites (tertiary alicyclic amines) is 1. The van der Waals surface area contributed by atoms with E-state index in [1.165, 1.54) is 4.90 Å². The number of rotatable bonds is 1. The molecule has 3 amide bonds. The van der Waals surface area contributed by atoms with Crippen LogP contribution in [0, 0.1) is 0 Å². The van der Waals surface area contributed by atoms with Crippen molar-refractivity contribution in [1.29, 1.82) is 0 Å². The number of carbonyl (C=O) groups excluding carboxylic acids is 2. The molecule has 2 aliphatic rings. The summed E-state index contributed by atoms with van der Waals surface area (Å²) < 4.78 is 0. The van der Waals surface area contributed by atoms with Crippen LogP contribution in [0.4, 0.5) is 4.79 Å². The minimum absolute atomic E-state index is 0.0870. The molecule has 0 aromatic heterocycles. The minimum atomic E-state index is -1.15. The van der Waals surface area contributed by atoms with Crippen molar-refractivity contribution in [1.82, 2.24) is 15.1 Å². The Morgan fingerprint density at radius 2 is 2.11 bits per heavy atom. The summed E-state index contributed by atoms with van der Waals surface area (Å²) in [5.41, 5.74) is 0. The van der Waals surface area contributed by atoms with E-state index in [-0.39, 0.29) is 25.5 Å². The molecule has 100 valence electrons. The van der Waals surface area contributed by atoms with Gasteiger partial charge in [0.2, 0.25) is 5.91 Å². The number of nitrogens with zero attached hydrogens (tertiary/aromatic N) is 2. The monoisotopic (exact) mass is 257 g/mol. The summed E-state index contributed by atoms with van der Waals surface area (Å²) in [6, 6.07) is -1.55. The maximum Gasteiger partial charge on any atom is 0.328 e. The first-order valence-electron chi connectivity index (χ1n) is 5.72. The van der Waals surface area contributed by atoms with Gasteiger partial charge in [-0.05, 0) is 6.42 Å². The number of aliphatic hydroxyl groups is 1. The topological polar surface area (TPSA) is 110 Å². The fraction of sp³-hybridized carbons (Fsp3) is 0.700. The summed E-state index contributed by atoms with van der Waals surface area (Å²) in [7, 11) is 0. The van der Waals surface area contributed by atoms with Gasteiger partial charge in [-0.3, -0.25) is 9.69 Å². The van der Waals surface area contributed by atoms with E-state index in [1.807, 2.05) is 0 Å². The first kappa shape index (κ1) is 12.6. The summed E-state index contributed by atoms with van der Waals surface area (Å²) in [5.74, 6) is -1.52. The van der Waals surface area contributed by atoms with Crippen LogP contribution in [0.3, 0.4) is 0 Å². The van der Waals surface area contributed by atoms with E-state index in [0.29, 0.717) is 13.0 Å². The Bertz CT molecular complexity index is 386. The van der Waals surface area contributed by atoms with E-state index in [2.05, 4.69) is 5.32 Å². The molecule has 0 bridgehead atoms. The fourth-order valence-electron chi connectivity index (χ4n) is 2.16. The van der Waals surface area contributed by atoms with Crippen LogP contribution in [-0.2, 0) is 9.59 Å². The molecular weight excluding hydrogens is 242 g/mol. The number of carbonyl (C=O) groups is 3. The molecule has 2 fully saturated rings. The Morgan fingerprint density at radius 1 is 1.39 bits per heavy atom. The lowest BCUT2D eigenvalue weighted by atomic mass is 10.2. The van der Waals surface area contributed by atoms with Crippen molar-refractivity contribution in [2.75, 3.05) is 26.2 Å². The summed E-state index contributed by atoms with van der Waals surface area (Å²) in [4.78, 5) is 36.8. The zero-order valence-corrected chi connectivity index (χ0v) is 9.70. The van der Waals surface area contributed by atoms with E-state index < -0.39 is 24.1 Å². The second-order valence-electron chi connectivity index (χ2n) is 4.46. The molecule has 0 radical (unpaired) electrons. The molecule has 2 aliphatic heterocycles. The van der Waals surface area contributed by atoms with Gasteiger partial charge < -0.3 is 20.4 Å². The van der Waals surface area contributed by atoms with Crippen molar-refractivity contribution in [2.45, 2.75) is 18.6 Å². The molecular formula is C10H15N3O5. The Morgan fingerprint density at radius 3 is 2.67 bits per heavy atom. The molecule has 2 heterocycles. The highest BCUT2D eigenvalue weighted by Crippen LogP contribution is 2.14. The first-order chi connectivity index (χ1) is 8.49. The van der Waals surface area contributed by atoms with Crippen molar-refractivity contribution in [3.05, 3.63) is 0 Å². The number of aliphatic hydroxyl groups excluding tert-OH is 1. The number of β-amino-alcohol motifs (C(OH)–C–C–N with tert-alkyl or cyclic N) is 1. The molecule has 2 rings (SSSR count). The highest BCUT2D eigenvalue weighted by atomic mass is 16.4. The number of carboxylic acid groups (broad SMARTS) is 1. The van der Waals surface area contributed by atoms with Crippen molar-refractivity contribution in [3.63, 3.8) is 0 Å². The van der Waals surface area contributed by atoms with Crippen LogP contribution in [0.25, 0.3) is 0 Å². The molecule has 8 nitrogen and oxygen atoms in total. The van der Waals surface area contributed by atoms with Gasteiger partial charge >= 0.3 is 12.0 Å². The number of aliphatic carboxylic acids is 1. The zero-order chi connectivity index (χ0) is 13.3. The average Bonchev–Trinajstić information content (AvgIpc) is 2.74. The highest BCUT2D eigenvalue weighted by molar-refractivity contribution is 5.90. The van der Waals surface area contributed by atoms with E-state index >= 15 is 0 Å². The highest BCUT2D eigenvalue weighted by Gasteiger charge is 2.38. The summed E-state index contributed by atoms with van der Waals surface area (Å²) in [6.45, 7) is 0.215. The zero-order valence-electron chi connectivity index (χ0n) is 9.70. The number of nitrogens with one attached hydrogen (secondary N) is 1. The smallest absolute Gasteiger partial charge is 0.328 e. The van der Waals surface area contributed by atoms with Gasteiger partial charge in [0.15, 0.2) is 0 Å². The number of carboxylic acids is 1. The molecule has 0 saturated carbocycles. The number of piperazine rings is 1. The fourth-order valence-corrected chi connectivity index (χ4v) is 2.16. The first-order valence-corrected chi connectivity index (χ1v) is 5.72. The summed E-state index contributed by atoms with van der Waals surface area (Å²) in [6.07, 6.45) is -0.0976. The van der Waals surface area contributed by atoms with Crippen LogP contribution in [0.2, 0.25) is 0 Å². The number of hydrogen-bond donors (Lipinski definition) is 3. The van der Waals surface area contributed by atoms with E-state index in [0.717, 1.165) is 4.90 Å². The molecule has 0 aromatic carbocycles. The van der Waals surface area contributed by atoms with Gasteiger partial charge in [-0.2, -0.15) is 0 Å². The molecule has 3 N–H and O–H groups in total. The molecule has 2 saturated heterocycles. The van der Waals surface area contributed by atoms with Gasteiger partial charge in [0, 0.05) is 19.6 Å². The molecule has 2 unspecified atom stereocenters. The number of urea groups is 1. The third-order valence-corrected chi connectivity index (χ3v) is 3.15. The predicted octanol–water partition coefficient (Wildman–Crippen LogP) is -1.94. The normalized spacial score (nSPS) is 28.2. The van der Waals surface area contributed by atoms with Gasteiger partial charge in [-0.15, -0.1) is 0 Å². The van der Waals surface area contributed by atoms with E-state index in [1.54, 1.807) is 0 Å². The van der Waals surface area contributed by atoms with Gasteiger partial charge in [-0.25, -0.2) is 9.59 Å². The van der Waals surface area contributed by atoms with Gasteiger partial charge in [-0.1, -0.05) is 0 Å². The maximum absolute atomic E-state index is 12.1. The second-order valence-corrected chi connectivity index (χ2v) is 4.46. The van der Waals surface area contributed by atoms with Gasteiger partial charge in [0.05, 0.1) is 6.10 Å². The quantitative estimate of drug-likeness (QED) is 0.506. The minimum Gasteiger partial charge on any atom is -0.480 e. The maximum atomic E-state index is 12.1. The summed E-state index contributed by atoms with van der Waals surface area (Å²) >= 11 is 0. The van der Waals surface area contributed by atoms with Crippen LogP contribution in [-0.4, -0.2) is 76.2 Å². The number of amides is 3. The molecule has 0 spiro atoms. The molecule has 2 atom stereocenters. The molecule has 8 heteroatoms. The lowest BCUT2D eigenvalue weighted by Gasteiger charge is -2.35. The van der Waals surface area contributed by atoms with Crippen LogP contribution in [0.1, 0.15) is 6.42 Å². The van der Waals surface area contributed by atoms with Gasteiger partial charge in [0.25, 0.3) is 0 Å². The van der Waals surface area contributed by atoms with Gasteiger partial charge in [0.1, 0.15) is 12.6 Å². The lowest BCUT2D eigenvalue weighted by Crippen LogP contribution is -2.61. The number of hydrogen-bond acceptors (Lipinski definition) is 4. The Labute approximate surface area is 103 Å². The van der Waals surface area contributed by atoms with Crippen molar-refractivity contribution >= 4 is 17.9 Å². The van der Waals surface area contributed by atoms with Crippen LogP contribution < -0.4 is 5.32 Å². The van der Waals surface area contributed by atoms with Crippen LogP contribution in [0.5, 0.6) is 0 Å². The summed E-state index contributed by atoms with van der Waals surface area (Å²) in [5, 5.41) is 20.8. The third kappa shape index (κ3) is 2.37. The van der Waals surface area contributed by atoms with Crippen LogP contribution >= 0.6 is 0 Å². The Kier molecular flexibility index (Phi) is 3.37. The molecule has 0 aromatic rings. The largest absolute Gasteiger partial charge is 0.480 e. The predicted molar refractivity (Wildman–Crippen MR) is 58.7 cm³/mol. The average molecular weight is 257 g/mol. The SMILES string of the molecule is O=C1CN(C(=O)N2CCC(O)C2)C(C(=O)O)CN1. The lowest BCUT2D eigenvalue weighted by molar-refractivity contribution is -0.144. The van der Waals surface area contributed by atoms with Crippen molar-refractivity contribution in [2.24, 2.45) is 0 Å². The molecule has 18 heavy (non-hydrogen) atoms. The van der Waals surface area contributed by atoms with E-state index in [4.69, 9.17) is 5.11 Å². The second kappa shape index (κ2) is 4.81. The van der Waals surface area contributed by atoms with Crippen LogP contribution in [0.15, 0.2) is 0 Å².